The summed E-state index contributed by atoms with van der Waals surface area (Å²) in [5, 5.41) is 0. The summed E-state index contributed by atoms with van der Waals surface area (Å²) in [6.07, 6.45) is 2.99. The van der Waals surface area contributed by atoms with E-state index in [0.29, 0.717) is 23.9 Å². The summed E-state index contributed by atoms with van der Waals surface area (Å²) >= 11 is 0. The summed E-state index contributed by atoms with van der Waals surface area (Å²) in [7, 11) is 3.25. The first-order valence-corrected chi connectivity index (χ1v) is 5.46. The van der Waals surface area contributed by atoms with Crippen LogP contribution in [0, 0.1) is 6.92 Å². The van der Waals surface area contributed by atoms with E-state index in [4.69, 9.17) is 14.2 Å². The number of unbranched alkanes of at least 4 members (excludes halogenated alkanes) is 2. The van der Waals surface area contributed by atoms with Crippen LogP contribution in [-0.4, -0.2) is 20.8 Å². The second kappa shape index (κ2) is 6.99. The van der Waals surface area contributed by atoms with Crippen molar-refractivity contribution in [1.82, 2.24) is 0 Å². The minimum atomic E-state index is 0.659. The second-order valence-electron chi connectivity index (χ2n) is 3.40. The lowest BCUT2D eigenvalue weighted by molar-refractivity contribution is 0.269. The van der Waals surface area contributed by atoms with Crippen molar-refractivity contribution in [3.8, 4) is 17.2 Å². The van der Waals surface area contributed by atoms with Crippen molar-refractivity contribution in [2.75, 3.05) is 20.8 Å². The molecule has 3 heteroatoms. The predicted molar refractivity (Wildman–Crippen MR) is 64.2 cm³/mol. The Morgan fingerprint density at radius 3 is 2.19 bits per heavy atom. The zero-order valence-corrected chi connectivity index (χ0v) is 9.99. The Morgan fingerprint density at radius 1 is 1.06 bits per heavy atom. The molecule has 0 saturated carbocycles. The molecule has 1 aromatic carbocycles. The third-order valence-corrected chi connectivity index (χ3v) is 2.27. The lowest BCUT2D eigenvalue weighted by Gasteiger charge is -2.13. The van der Waals surface area contributed by atoms with Crippen molar-refractivity contribution in [3.05, 3.63) is 25.1 Å². The van der Waals surface area contributed by atoms with Gasteiger partial charge in [-0.15, -0.1) is 0 Å². The highest BCUT2D eigenvalue weighted by Gasteiger charge is 2.10. The molecule has 0 aromatic heterocycles. The van der Waals surface area contributed by atoms with Crippen LogP contribution in [-0.2, 0) is 0 Å². The normalized spacial score (nSPS) is 9.94. The first kappa shape index (κ1) is 12.7. The fourth-order valence-electron chi connectivity index (χ4n) is 1.41. The number of ether oxygens (including phenoxy) is 3. The molecule has 3 nitrogen and oxygen atoms in total. The number of benzene rings is 1. The molecule has 0 amide bonds. The fraction of sp³-hybridized carbons (Fsp3) is 0.462. The van der Waals surface area contributed by atoms with Gasteiger partial charge >= 0.3 is 0 Å². The van der Waals surface area contributed by atoms with Gasteiger partial charge in [-0.3, -0.25) is 0 Å². The van der Waals surface area contributed by atoms with Crippen LogP contribution in [0.2, 0.25) is 0 Å². The van der Waals surface area contributed by atoms with Crippen molar-refractivity contribution < 1.29 is 14.2 Å². The lowest BCUT2D eigenvalue weighted by Crippen LogP contribution is -2.01. The van der Waals surface area contributed by atoms with Gasteiger partial charge in [-0.2, -0.15) is 0 Å². The van der Waals surface area contributed by atoms with Gasteiger partial charge in [0.1, 0.15) is 0 Å². The number of methoxy groups -OCH3 is 2. The van der Waals surface area contributed by atoms with E-state index in [1.807, 2.05) is 18.2 Å². The molecule has 1 aromatic rings. The van der Waals surface area contributed by atoms with E-state index in [-0.39, 0.29) is 0 Å². The zero-order valence-electron chi connectivity index (χ0n) is 9.99. The van der Waals surface area contributed by atoms with Crippen LogP contribution >= 0.6 is 0 Å². The Balaban J connectivity index is 2.67. The topological polar surface area (TPSA) is 27.7 Å². The number of hydrogen-bond donors (Lipinski definition) is 0. The van der Waals surface area contributed by atoms with Gasteiger partial charge in [-0.25, -0.2) is 0 Å². The van der Waals surface area contributed by atoms with Crippen molar-refractivity contribution in [3.63, 3.8) is 0 Å². The summed E-state index contributed by atoms with van der Waals surface area (Å²) in [6, 6.07) is 5.60. The molecule has 0 N–H and O–H groups in total. The Bertz CT molecular complexity index is 288. The van der Waals surface area contributed by atoms with Crippen LogP contribution in [0.25, 0.3) is 0 Å². The summed E-state index contributed by atoms with van der Waals surface area (Å²) < 4.78 is 16.1. The van der Waals surface area contributed by atoms with Gasteiger partial charge < -0.3 is 14.2 Å². The van der Waals surface area contributed by atoms with Crippen LogP contribution in [0.15, 0.2) is 18.2 Å². The first-order chi connectivity index (χ1) is 7.83. The third kappa shape index (κ3) is 3.33. The lowest BCUT2D eigenvalue weighted by atomic mass is 10.2. The van der Waals surface area contributed by atoms with Crippen molar-refractivity contribution in [2.45, 2.75) is 19.3 Å². The Labute approximate surface area is 97.3 Å². The molecule has 16 heavy (non-hydrogen) atoms. The molecule has 1 radical (unpaired) electrons. The Hall–Kier alpha value is -1.38. The van der Waals surface area contributed by atoms with Crippen LogP contribution in [0.3, 0.4) is 0 Å². The third-order valence-electron chi connectivity index (χ3n) is 2.27. The van der Waals surface area contributed by atoms with E-state index in [0.717, 1.165) is 19.3 Å². The fourth-order valence-corrected chi connectivity index (χ4v) is 1.41. The van der Waals surface area contributed by atoms with Gasteiger partial charge in [-0.05, 0) is 18.6 Å². The van der Waals surface area contributed by atoms with Crippen LogP contribution < -0.4 is 14.2 Å². The standard InChI is InChI=1S/C13H19O3/c1-4-5-6-10-16-13-11(14-2)8-7-9-12(13)15-3/h7-9H,1,4-6,10H2,2-3H3. The maximum absolute atomic E-state index is 5.67. The Morgan fingerprint density at radius 2 is 1.69 bits per heavy atom. The highest BCUT2D eigenvalue weighted by molar-refractivity contribution is 5.50. The highest BCUT2D eigenvalue weighted by atomic mass is 16.5. The van der Waals surface area contributed by atoms with Gasteiger partial charge in [0.05, 0.1) is 20.8 Å². The summed E-state index contributed by atoms with van der Waals surface area (Å²) in [4.78, 5) is 0. The van der Waals surface area contributed by atoms with Crippen LogP contribution in [0.4, 0.5) is 0 Å². The van der Waals surface area contributed by atoms with Crippen molar-refractivity contribution in [1.29, 1.82) is 0 Å². The minimum absolute atomic E-state index is 0.659. The molecule has 89 valence electrons. The van der Waals surface area contributed by atoms with Crippen LogP contribution in [0.1, 0.15) is 19.3 Å². The highest BCUT2D eigenvalue weighted by Crippen LogP contribution is 2.36. The van der Waals surface area contributed by atoms with E-state index < -0.39 is 0 Å². The van der Waals surface area contributed by atoms with E-state index in [1.165, 1.54) is 0 Å². The first-order valence-electron chi connectivity index (χ1n) is 5.46. The van der Waals surface area contributed by atoms with Gasteiger partial charge in [-0.1, -0.05) is 25.8 Å². The van der Waals surface area contributed by atoms with E-state index in [1.54, 1.807) is 14.2 Å². The van der Waals surface area contributed by atoms with Gasteiger partial charge in [0.25, 0.3) is 0 Å². The maximum Gasteiger partial charge on any atom is 0.203 e. The van der Waals surface area contributed by atoms with Gasteiger partial charge in [0, 0.05) is 0 Å². The molecule has 0 spiro atoms. The number of para-hydroxylation sites is 1. The van der Waals surface area contributed by atoms with Crippen LogP contribution in [0.5, 0.6) is 17.2 Å². The van der Waals surface area contributed by atoms with Crippen molar-refractivity contribution in [2.24, 2.45) is 0 Å². The van der Waals surface area contributed by atoms with E-state index >= 15 is 0 Å². The second-order valence-corrected chi connectivity index (χ2v) is 3.40. The summed E-state index contributed by atoms with van der Waals surface area (Å²) in [5.74, 6) is 2.08. The molecule has 0 aliphatic heterocycles. The van der Waals surface area contributed by atoms with Gasteiger partial charge in [0.15, 0.2) is 11.5 Å². The zero-order chi connectivity index (χ0) is 11.8. The molecule has 0 unspecified atom stereocenters. The quantitative estimate of drug-likeness (QED) is 0.665. The molecule has 0 aliphatic rings. The molecule has 0 saturated heterocycles. The smallest absolute Gasteiger partial charge is 0.203 e. The molecule has 0 bridgehead atoms. The SMILES string of the molecule is [CH2]CCCCOc1c(OC)cccc1OC. The molecule has 0 atom stereocenters. The van der Waals surface area contributed by atoms with Crippen molar-refractivity contribution >= 4 is 0 Å². The monoisotopic (exact) mass is 223 g/mol. The molecule has 0 aliphatic carbocycles. The van der Waals surface area contributed by atoms with Gasteiger partial charge in [0.2, 0.25) is 5.75 Å². The maximum atomic E-state index is 5.67. The average molecular weight is 223 g/mol. The molecule has 0 fully saturated rings. The average Bonchev–Trinajstić information content (AvgIpc) is 2.34. The summed E-state index contributed by atoms with van der Waals surface area (Å²) in [6.45, 7) is 4.45. The molecular weight excluding hydrogens is 204 g/mol. The predicted octanol–water partition coefficient (Wildman–Crippen LogP) is 3.09. The van der Waals surface area contributed by atoms with E-state index in [9.17, 15) is 0 Å². The number of hydrogen-bond acceptors (Lipinski definition) is 3. The molecule has 1 rings (SSSR count). The molecular formula is C13H19O3. The summed E-state index contributed by atoms with van der Waals surface area (Å²) in [5.41, 5.74) is 0. The largest absolute Gasteiger partial charge is 0.493 e. The van der Waals surface area contributed by atoms with E-state index in [2.05, 4.69) is 6.92 Å². The Kier molecular flexibility index (Phi) is 5.54. The minimum Gasteiger partial charge on any atom is -0.493 e. The molecule has 0 heterocycles. The number of rotatable bonds is 7.